The first kappa shape index (κ1) is 21.1. The summed E-state index contributed by atoms with van der Waals surface area (Å²) in [6.07, 6.45) is -3.26. The maximum absolute atomic E-state index is 12.9. The maximum Gasteiger partial charge on any atom is 0.416 e. The molecule has 0 aliphatic carbocycles. The molecule has 0 fully saturated rings. The van der Waals surface area contributed by atoms with E-state index in [2.05, 4.69) is 5.32 Å². The second-order valence-electron chi connectivity index (χ2n) is 6.70. The van der Waals surface area contributed by atoms with Crippen LogP contribution >= 0.6 is 0 Å². The molecule has 0 unspecified atom stereocenters. The van der Waals surface area contributed by atoms with Gasteiger partial charge in [0, 0.05) is 5.56 Å². The summed E-state index contributed by atoms with van der Waals surface area (Å²) >= 11 is 0. The smallest absolute Gasteiger partial charge is 0.416 e. The predicted octanol–water partition coefficient (Wildman–Crippen LogP) is 5.44. The number of amides is 1. The van der Waals surface area contributed by atoms with Crippen LogP contribution < -0.4 is 5.32 Å². The molecule has 30 heavy (non-hydrogen) atoms. The number of aryl methyl sites for hydroxylation is 2. The van der Waals surface area contributed by atoms with Crippen LogP contribution in [-0.2, 0) is 19.0 Å². The molecule has 0 spiro atoms. The molecule has 3 aromatic rings. The van der Waals surface area contributed by atoms with E-state index in [0.29, 0.717) is 12.8 Å². The van der Waals surface area contributed by atoms with Crippen LogP contribution in [0.2, 0.25) is 0 Å². The van der Waals surface area contributed by atoms with Gasteiger partial charge in [-0.2, -0.15) is 13.2 Å². The minimum atomic E-state index is -4.58. The third kappa shape index (κ3) is 5.26. The fourth-order valence-corrected chi connectivity index (χ4v) is 3.00. The van der Waals surface area contributed by atoms with E-state index in [9.17, 15) is 27.9 Å². The molecule has 0 aromatic heterocycles. The molecular weight excluding hydrogens is 395 g/mol. The molecule has 0 saturated heterocycles. The highest BCUT2D eigenvalue weighted by Gasteiger charge is 2.31. The largest absolute Gasteiger partial charge is 0.478 e. The van der Waals surface area contributed by atoms with Crippen LogP contribution in [0.25, 0.3) is 0 Å². The van der Waals surface area contributed by atoms with Crippen molar-refractivity contribution in [3.63, 3.8) is 0 Å². The van der Waals surface area contributed by atoms with Crippen molar-refractivity contribution in [3.8, 4) is 0 Å². The first-order valence-electron chi connectivity index (χ1n) is 9.13. The summed E-state index contributed by atoms with van der Waals surface area (Å²) in [5.41, 5.74) is 0.632. The number of carboxylic acids is 1. The van der Waals surface area contributed by atoms with Gasteiger partial charge in [-0.05, 0) is 54.3 Å². The zero-order valence-electron chi connectivity index (χ0n) is 15.7. The second kappa shape index (κ2) is 8.82. The highest BCUT2D eigenvalue weighted by atomic mass is 19.4. The molecule has 0 bridgehead atoms. The number of halogens is 3. The summed E-state index contributed by atoms with van der Waals surface area (Å²) in [7, 11) is 0. The van der Waals surface area contributed by atoms with Crippen molar-refractivity contribution in [2.75, 3.05) is 5.32 Å². The van der Waals surface area contributed by atoms with Crippen molar-refractivity contribution in [3.05, 3.63) is 101 Å². The molecule has 0 radical (unpaired) electrons. The van der Waals surface area contributed by atoms with Gasteiger partial charge >= 0.3 is 12.1 Å². The lowest BCUT2D eigenvalue weighted by molar-refractivity contribution is -0.137. The van der Waals surface area contributed by atoms with Crippen LogP contribution in [-0.4, -0.2) is 17.0 Å². The fourth-order valence-electron chi connectivity index (χ4n) is 3.00. The Morgan fingerprint density at radius 1 is 0.833 bits per heavy atom. The lowest BCUT2D eigenvalue weighted by Gasteiger charge is -2.12. The fraction of sp³-hybridized carbons (Fsp3) is 0.130. The van der Waals surface area contributed by atoms with Crippen molar-refractivity contribution in [1.82, 2.24) is 0 Å². The zero-order valence-corrected chi connectivity index (χ0v) is 15.7. The van der Waals surface area contributed by atoms with E-state index in [1.165, 1.54) is 18.2 Å². The van der Waals surface area contributed by atoms with Crippen LogP contribution in [0.15, 0.2) is 72.8 Å². The minimum absolute atomic E-state index is 0.0375. The average molecular weight is 413 g/mol. The molecule has 154 valence electrons. The first-order chi connectivity index (χ1) is 14.2. The van der Waals surface area contributed by atoms with Crippen LogP contribution in [0.1, 0.15) is 37.4 Å². The van der Waals surface area contributed by atoms with Crippen LogP contribution in [0.4, 0.5) is 18.9 Å². The number of carboxylic acid groups (broad SMARTS) is 1. The van der Waals surface area contributed by atoms with Gasteiger partial charge < -0.3 is 10.4 Å². The normalized spacial score (nSPS) is 11.2. The van der Waals surface area contributed by atoms with Gasteiger partial charge in [-0.25, -0.2) is 4.79 Å². The third-order valence-corrected chi connectivity index (χ3v) is 4.56. The molecule has 3 rings (SSSR count). The summed E-state index contributed by atoms with van der Waals surface area (Å²) in [6, 6.07) is 18.2. The minimum Gasteiger partial charge on any atom is -0.478 e. The average Bonchev–Trinajstić information content (AvgIpc) is 2.72. The molecular formula is C23H18F3NO3. The molecule has 4 nitrogen and oxygen atoms in total. The Labute approximate surface area is 171 Å². The molecule has 0 atom stereocenters. The zero-order chi connectivity index (χ0) is 21.7. The van der Waals surface area contributed by atoms with Crippen molar-refractivity contribution >= 4 is 17.6 Å². The number of carbonyl (C=O) groups is 2. The van der Waals surface area contributed by atoms with E-state index in [0.717, 1.165) is 29.3 Å². The van der Waals surface area contributed by atoms with Gasteiger partial charge in [0.05, 0.1) is 16.8 Å². The van der Waals surface area contributed by atoms with Crippen molar-refractivity contribution in [2.24, 2.45) is 0 Å². The SMILES string of the molecule is O=C(Nc1cc(CCc2ccccc2)ccc1C(=O)O)c1cccc(C(F)(F)F)c1. The highest BCUT2D eigenvalue weighted by Crippen LogP contribution is 2.30. The van der Waals surface area contributed by atoms with E-state index in [4.69, 9.17) is 0 Å². The number of anilines is 1. The number of benzene rings is 3. The van der Waals surface area contributed by atoms with E-state index < -0.39 is 23.6 Å². The van der Waals surface area contributed by atoms with Gasteiger partial charge in [0.15, 0.2) is 0 Å². The number of rotatable bonds is 6. The van der Waals surface area contributed by atoms with Gasteiger partial charge in [-0.3, -0.25) is 4.79 Å². The molecule has 2 N–H and O–H groups in total. The highest BCUT2D eigenvalue weighted by molar-refractivity contribution is 6.07. The summed E-state index contributed by atoms with van der Waals surface area (Å²) in [5, 5.41) is 11.8. The van der Waals surface area contributed by atoms with Gasteiger partial charge in [-0.15, -0.1) is 0 Å². The monoisotopic (exact) mass is 413 g/mol. The van der Waals surface area contributed by atoms with Gasteiger partial charge in [-0.1, -0.05) is 42.5 Å². The molecule has 3 aromatic carbocycles. The summed E-state index contributed by atoms with van der Waals surface area (Å²) in [5.74, 6) is -2.06. The molecule has 0 heterocycles. The van der Waals surface area contributed by atoms with Crippen molar-refractivity contribution in [2.45, 2.75) is 19.0 Å². The predicted molar refractivity (Wildman–Crippen MR) is 107 cm³/mol. The Morgan fingerprint density at radius 2 is 1.53 bits per heavy atom. The van der Waals surface area contributed by atoms with Crippen LogP contribution in [0.5, 0.6) is 0 Å². The molecule has 1 amide bonds. The van der Waals surface area contributed by atoms with E-state index >= 15 is 0 Å². The topological polar surface area (TPSA) is 66.4 Å². The Kier molecular flexibility index (Phi) is 6.20. The van der Waals surface area contributed by atoms with Gasteiger partial charge in [0.25, 0.3) is 5.91 Å². The number of hydrogen-bond acceptors (Lipinski definition) is 2. The van der Waals surface area contributed by atoms with Crippen LogP contribution in [0.3, 0.4) is 0 Å². The van der Waals surface area contributed by atoms with Gasteiger partial charge in [0.1, 0.15) is 0 Å². The van der Waals surface area contributed by atoms with Crippen LogP contribution in [0, 0.1) is 0 Å². The van der Waals surface area contributed by atoms with E-state index in [1.807, 2.05) is 30.3 Å². The maximum atomic E-state index is 12.9. The Morgan fingerprint density at radius 3 is 2.20 bits per heavy atom. The second-order valence-corrected chi connectivity index (χ2v) is 6.70. The first-order valence-corrected chi connectivity index (χ1v) is 9.13. The van der Waals surface area contributed by atoms with Gasteiger partial charge in [0.2, 0.25) is 0 Å². The summed E-state index contributed by atoms with van der Waals surface area (Å²) in [4.78, 5) is 24.0. The molecule has 0 aliphatic heterocycles. The molecule has 0 aliphatic rings. The number of carbonyl (C=O) groups excluding carboxylic acids is 1. The molecule has 7 heteroatoms. The van der Waals surface area contributed by atoms with Crippen molar-refractivity contribution < 1.29 is 27.9 Å². The number of alkyl halides is 3. The van der Waals surface area contributed by atoms with E-state index in [1.54, 1.807) is 6.07 Å². The summed E-state index contributed by atoms with van der Waals surface area (Å²) in [6.45, 7) is 0. The lowest BCUT2D eigenvalue weighted by atomic mass is 10.0. The third-order valence-electron chi connectivity index (χ3n) is 4.56. The summed E-state index contributed by atoms with van der Waals surface area (Å²) < 4.78 is 38.7. The standard InChI is InChI=1S/C23H18F3NO3/c24-23(25,26)18-8-4-7-17(14-18)21(28)27-20-13-16(11-12-19(20)22(29)30)10-9-15-5-2-1-3-6-15/h1-8,11-14H,9-10H2,(H,27,28)(H,29,30). The number of nitrogens with one attached hydrogen (secondary N) is 1. The quantitative estimate of drug-likeness (QED) is 0.565. The Hall–Kier alpha value is -3.61. The lowest BCUT2D eigenvalue weighted by Crippen LogP contribution is -2.16. The number of aromatic carboxylic acids is 1. The van der Waals surface area contributed by atoms with E-state index in [-0.39, 0.29) is 16.8 Å². The Bertz CT molecular complexity index is 1060. The molecule has 0 saturated carbocycles. The Balaban J connectivity index is 1.83. The van der Waals surface area contributed by atoms with Crippen molar-refractivity contribution in [1.29, 1.82) is 0 Å². The number of hydrogen-bond donors (Lipinski definition) is 2.